The van der Waals surface area contributed by atoms with Gasteiger partial charge >= 0.3 is 0 Å². The van der Waals surface area contributed by atoms with Gasteiger partial charge in [-0.3, -0.25) is 4.79 Å². The second kappa shape index (κ2) is 7.95. The number of hydrogen-bond donors (Lipinski definition) is 0. The Morgan fingerprint density at radius 1 is 0.923 bits per heavy atom. The van der Waals surface area contributed by atoms with Crippen LogP contribution in [-0.4, -0.2) is 45.2 Å². The van der Waals surface area contributed by atoms with Crippen LogP contribution in [0.4, 0.5) is 0 Å². The molecule has 136 valence electrons. The molecule has 0 atom stereocenters. The Morgan fingerprint density at radius 2 is 1.58 bits per heavy atom. The summed E-state index contributed by atoms with van der Waals surface area (Å²) in [5.41, 5.74) is 2.96. The molecule has 3 rings (SSSR count). The van der Waals surface area contributed by atoms with E-state index in [-0.39, 0.29) is 5.91 Å². The summed E-state index contributed by atoms with van der Waals surface area (Å²) < 4.78 is 16.0. The lowest BCUT2D eigenvalue weighted by atomic mass is 9.99. The molecular weight excluding hydrogens is 330 g/mol. The van der Waals surface area contributed by atoms with Crippen LogP contribution >= 0.6 is 0 Å². The molecule has 2 aromatic carbocycles. The van der Waals surface area contributed by atoms with Crippen LogP contribution in [0.2, 0.25) is 0 Å². The number of benzene rings is 2. The van der Waals surface area contributed by atoms with E-state index in [4.69, 9.17) is 14.2 Å². The average Bonchev–Trinajstić information content (AvgIpc) is 2.72. The van der Waals surface area contributed by atoms with E-state index >= 15 is 0 Å². The van der Waals surface area contributed by atoms with Crippen molar-refractivity contribution < 1.29 is 19.0 Å². The van der Waals surface area contributed by atoms with Crippen LogP contribution in [0.3, 0.4) is 0 Å². The Kier molecular flexibility index (Phi) is 5.46. The van der Waals surface area contributed by atoms with Crippen molar-refractivity contribution in [1.29, 1.82) is 0 Å². The van der Waals surface area contributed by atoms with Crippen LogP contribution in [0, 0.1) is 0 Å². The monoisotopic (exact) mass is 353 g/mol. The molecule has 5 nitrogen and oxygen atoms in total. The molecule has 5 heteroatoms. The van der Waals surface area contributed by atoms with Gasteiger partial charge in [0.1, 0.15) is 5.75 Å². The van der Waals surface area contributed by atoms with Gasteiger partial charge in [0.25, 0.3) is 5.91 Å². The fourth-order valence-electron chi connectivity index (χ4n) is 3.13. The largest absolute Gasteiger partial charge is 0.496 e. The first-order valence-corrected chi connectivity index (χ1v) is 8.51. The molecule has 1 heterocycles. The van der Waals surface area contributed by atoms with Gasteiger partial charge in [0.05, 0.1) is 26.9 Å². The Balaban J connectivity index is 1.83. The van der Waals surface area contributed by atoms with Crippen molar-refractivity contribution in [2.24, 2.45) is 0 Å². The van der Waals surface area contributed by atoms with Crippen molar-refractivity contribution in [1.82, 2.24) is 4.90 Å². The smallest absolute Gasteiger partial charge is 0.258 e. The summed E-state index contributed by atoms with van der Waals surface area (Å²) in [5.74, 6) is 1.44. The summed E-state index contributed by atoms with van der Waals surface area (Å²) >= 11 is 0. The Labute approximate surface area is 153 Å². The number of rotatable bonds is 5. The standard InChI is InChI=1S/C21H23NO4/c1-24-18-14-20(26-3)19(25-2)13-17(18)21(23)22-11-9-16(10-12-22)15-7-5-4-6-8-15/h4-9,13-14H,10-12H2,1-3H3. The van der Waals surface area contributed by atoms with Crippen molar-refractivity contribution >= 4 is 11.5 Å². The Morgan fingerprint density at radius 3 is 2.15 bits per heavy atom. The minimum absolute atomic E-state index is 0.0776. The number of methoxy groups -OCH3 is 3. The fraction of sp³-hybridized carbons (Fsp3) is 0.286. The van der Waals surface area contributed by atoms with Crippen molar-refractivity contribution in [2.75, 3.05) is 34.4 Å². The van der Waals surface area contributed by atoms with Gasteiger partial charge < -0.3 is 19.1 Å². The summed E-state index contributed by atoms with van der Waals surface area (Å²) in [7, 11) is 4.65. The average molecular weight is 353 g/mol. The van der Waals surface area contributed by atoms with E-state index in [2.05, 4.69) is 18.2 Å². The van der Waals surface area contributed by atoms with E-state index < -0.39 is 0 Å². The maximum Gasteiger partial charge on any atom is 0.258 e. The number of carbonyl (C=O) groups is 1. The highest BCUT2D eigenvalue weighted by atomic mass is 16.5. The number of carbonyl (C=O) groups excluding carboxylic acids is 1. The Hall–Kier alpha value is -2.95. The summed E-state index contributed by atoms with van der Waals surface area (Å²) in [6.07, 6.45) is 2.94. The highest BCUT2D eigenvalue weighted by molar-refractivity contribution is 5.98. The second-order valence-corrected chi connectivity index (χ2v) is 6.00. The van der Waals surface area contributed by atoms with Gasteiger partial charge in [-0.25, -0.2) is 0 Å². The first-order valence-electron chi connectivity index (χ1n) is 8.51. The molecule has 1 aliphatic rings. The van der Waals surface area contributed by atoms with Gasteiger partial charge in [0, 0.05) is 25.2 Å². The van der Waals surface area contributed by atoms with Crippen LogP contribution in [0.5, 0.6) is 17.2 Å². The zero-order valence-electron chi connectivity index (χ0n) is 15.3. The summed E-state index contributed by atoms with van der Waals surface area (Å²) in [5, 5.41) is 0. The van der Waals surface area contributed by atoms with Crippen molar-refractivity contribution in [3.63, 3.8) is 0 Å². The molecule has 0 saturated heterocycles. The summed E-state index contributed by atoms with van der Waals surface area (Å²) in [6, 6.07) is 13.6. The zero-order valence-corrected chi connectivity index (χ0v) is 15.3. The topological polar surface area (TPSA) is 48.0 Å². The lowest BCUT2D eigenvalue weighted by Crippen LogP contribution is -2.34. The maximum atomic E-state index is 13.0. The van der Waals surface area contributed by atoms with Crippen molar-refractivity contribution in [3.8, 4) is 17.2 Å². The third-order valence-corrected chi connectivity index (χ3v) is 4.58. The molecule has 1 aliphatic heterocycles. The summed E-state index contributed by atoms with van der Waals surface area (Å²) in [4.78, 5) is 14.8. The predicted molar refractivity (Wildman–Crippen MR) is 101 cm³/mol. The number of ether oxygens (including phenoxy) is 3. The number of nitrogens with zero attached hydrogens (tertiary/aromatic N) is 1. The summed E-state index contributed by atoms with van der Waals surface area (Å²) in [6.45, 7) is 1.23. The lowest BCUT2D eigenvalue weighted by Gasteiger charge is -2.27. The molecular formula is C21H23NO4. The molecule has 0 N–H and O–H groups in total. The van der Waals surface area contributed by atoms with Gasteiger partial charge in [-0.2, -0.15) is 0 Å². The van der Waals surface area contributed by atoms with Gasteiger partial charge in [0.2, 0.25) is 0 Å². The maximum absolute atomic E-state index is 13.0. The second-order valence-electron chi connectivity index (χ2n) is 6.00. The normalized spacial score (nSPS) is 13.8. The number of hydrogen-bond acceptors (Lipinski definition) is 4. The molecule has 0 aliphatic carbocycles. The predicted octanol–water partition coefficient (Wildman–Crippen LogP) is 3.64. The van der Waals surface area contributed by atoms with Crippen LogP contribution < -0.4 is 14.2 Å². The van der Waals surface area contributed by atoms with Gasteiger partial charge in [-0.15, -0.1) is 0 Å². The van der Waals surface area contributed by atoms with E-state index in [0.29, 0.717) is 35.9 Å². The Bertz CT molecular complexity index is 814. The van der Waals surface area contributed by atoms with E-state index in [9.17, 15) is 4.79 Å². The molecule has 0 saturated carbocycles. The van der Waals surface area contributed by atoms with E-state index in [1.807, 2.05) is 23.1 Å². The lowest BCUT2D eigenvalue weighted by molar-refractivity contribution is 0.0769. The molecule has 26 heavy (non-hydrogen) atoms. The molecule has 0 spiro atoms. The molecule has 1 amide bonds. The molecule has 0 aromatic heterocycles. The van der Waals surface area contributed by atoms with Crippen LogP contribution in [0.25, 0.3) is 5.57 Å². The van der Waals surface area contributed by atoms with Crippen LogP contribution in [-0.2, 0) is 0 Å². The highest BCUT2D eigenvalue weighted by Crippen LogP contribution is 2.35. The molecule has 0 unspecified atom stereocenters. The third-order valence-electron chi connectivity index (χ3n) is 4.58. The molecule has 0 radical (unpaired) electrons. The number of amides is 1. The minimum atomic E-state index is -0.0776. The van der Waals surface area contributed by atoms with E-state index in [1.165, 1.54) is 11.1 Å². The minimum Gasteiger partial charge on any atom is -0.496 e. The first kappa shape index (κ1) is 17.9. The molecule has 2 aromatic rings. The highest BCUT2D eigenvalue weighted by Gasteiger charge is 2.24. The van der Waals surface area contributed by atoms with E-state index in [0.717, 1.165) is 6.42 Å². The molecule has 0 bridgehead atoms. The van der Waals surface area contributed by atoms with Crippen molar-refractivity contribution in [3.05, 3.63) is 59.7 Å². The van der Waals surface area contributed by atoms with Crippen molar-refractivity contribution in [2.45, 2.75) is 6.42 Å². The molecule has 0 fully saturated rings. The van der Waals surface area contributed by atoms with Crippen LogP contribution in [0.15, 0.2) is 48.5 Å². The quantitative estimate of drug-likeness (QED) is 0.823. The SMILES string of the molecule is COc1cc(OC)c(C(=O)N2CC=C(c3ccccc3)CC2)cc1OC. The van der Waals surface area contributed by atoms with Crippen LogP contribution in [0.1, 0.15) is 22.3 Å². The third kappa shape index (κ3) is 3.52. The van der Waals surface area contributed by atoms with E-state index in [1.54, 1.807) is 33.5 Å². The fourth-order valence-corrected chi connectivity index (χ4v) is 3.13. The van der Waals surface area contributed by atoms with Gasteiger partial charge in [-0.1, -0.05) is 36.4 Å². The van der Waals surface area contributed by atoms with Gasteiger partial charge in [0.15, 0.2) is 11.5 Å². The van der Waals surface area contributed by atoms with Gasteiger partial charge in [-0.05, 0) is 17.6 Å². The first-order chi connectivity index (χ1) is 12.7. The zero-order chi connectivity index (χ0) is 18.5.